The highest BCUT2D eigenvalue weighted by Crippen LogP contribution is 2.23. The second-order valence-electron chi connectivity index (χ2n) is 5.34. The molecule has 9 heteroatoms. The molecule has 0 radical (unpaired) electrons. The van der Waals surface area contributed by atoms with Gasteiger partial charge < -0.3 is 14.8 Å². The molecule has 0 unspecified atom stereocenters. The van der Waals surface area contributed by atoms with Crippen LogP contribution in [0.1, 0.15) is 10.4 Å². The summed E-state index contributed by atoms with van der Waals surface area (Å²) < 4.78 is 37.1. The van der Waals surface area contributed by atoms with E-state index in [1.54, 1.807) is 0 Å². The van der Waals surface area contributed by atoms with Crippen LogP contribution in [0, 0.1) is 0 Å². The van der Waals surface area contributed by atoms with Gasteiger partial charge >= 0.3 is 5.97 Å². The molecule has 134 valence electrons. The van der Waals surface area contributed by atoms with Crippen LogP contribution in [0.2, 0.25) is 0 Å². The minimum Gasteiger partial charge on any atom is -0.496 e. The summed E-state index contributed by atoms with van der Waals surface area (Å²) in [6.07, 6.45) is 0. The maximum atomic E-state index is 12.4. The summed E-state index contributed by atoms with van der Waals surface area (Å²) in [4.78, 5) is 14.0. The Labute approximate surface area is 142 Å². The van der Waals surface area contributed by atoms with Crippen molar-refractivity contribution in [3.8, 4) is 5.75 Å². The maximum Gasteiger partial charge on any atom is 0.341 e. The van der Waals surface area contributed by atoms with E-state index in [1.165, 1.54) is 32.4 Å². The summed E-state index contributed by atoms with van der Waals surface area (Å²) in [6, 6.07) is 4.10. The van der Waals surface area contributed by atoms with E-state index in [1.807, 2.05) is 0 Å². The van der Waals surface area contributed by atoms with Gasteiger partial charge in [-0.3, -0.25) is 4.90 Å². The van der Waals surface area contributed by atoms with Crippen LogP contribution in [0.3, 0.4) is 0 Å². The number of carbonyl (C=O) groups excluding carboxylic acids is 1. The fraction of sp³-hybridized carbons (Fsp3) is 0.533. The summed E-state index contributed by atoms with van der Waals surface area (Å²) in [5.74, 6) is -0.383. The fourth-order valence-corrected chi connectivity index (χ4v) is 3.53. The van der Waals surface area contributed by atoms with Crippen molar-refractivity contribution in [1.29, 1.82) is 0 Å². The van der Waals surface area contributed by atoms with Crippen LogP contribution in [0.4, 0.5) is 0 Å². The van der Waals surface area contributed by atoms with Gasteiger partial charge in [0, 0.05) is 39.3 Å². The van der Waals surface area contributed by atoms with Crippen LogP contribution in [-0.4, -0.2) is 72.8 Å². The molecule has 2 N–H and O–H groups in total. The van der Waals surface area contributed by atoms with E-state index in [0.29, 0.717) is 13.1 Å². The lowest BCUT2D eigenvalue weighted by Gasteiger charge is -2.27. The molecule has 0 saturated carbocycles. The third-order valence-corrected chi connectivity index (χ3v) is 5.27. The number of nitrogens with one attached hydrogen (secondary N) is 2. The molecule has 24 heavy (non-hydrogen) atoms. The molecule has 1 heterocycles. The Morgan fingerprint density at radius 1 is 1.29 bits per heavy atom. The van der Waals surface area contributed by atoms with Gasteiger partial charge in [0.1, 0.15) is 11.3 Å². The summed E-state index contributed by atoms with van der Waals surface area (Å²) in [5.41, 5.74) is 0.0741. The molecule has 0 bridgehead atoms. The fourth-order valence-electron chi connectivity index (χ4n) is 2.48. The smallest absolute Gasteiger partial charge is 0.341 e. The lowest BCUT2D eigenvalue weighted by molar-refractivity contribution is 0.0597. The number of carbonyl (C=O) groups is 1. The van der Waals surface area contributed by atoms with E-state index in [0.717, 1.165) is 26.2 Å². The molecule has 0 atom stereocenters. The largest absolute Gasteiger partial charge is 0.496 e. The van der Waals surface area contributed by atoms with E-state index in [4.69, 9.17) is 4.74 Å². The van der Waals surface area contributed by atoms with Gasteiger partial charge in [0.15, 0.2) is 0 Å². The van der Waals surface area contributed by atoms with Crippen molar-refractivity contribution in [2.24, 2.45) is 0 Å². The monoisotopic (exact) mass is 357 g/mol. The Balaban J connectivity index is 2.06. The predicted octanol–water partition coefficient (Wildman–Crippen LogP) is -0.335. The summed E-state index contributed by atoms with van der Waals surface area (Å²) >= 11 is 0. The summed E-state index contributed by atoms with van der Waals surface area (Å²) in [7, 11) is -1.07. The molecule has 1 saturated heterocycles. The average molecular weight is 357 g/mol. The van der Waals surface area contributed by atoms with Crippen LogP contribution in [0.15, 0.2) is 23.1 Å². The Morgan fingerprint density at radius 2 is 2.00 bits per heavy atom. The first kappa shape index (κ1) is 18.7. The number of piperazine rings is 1. The minimum absolute atomic E-state index is 0.00371. The van der Waals surface area contributed by atoms with E-state index in [9.17, 15) is 13.2 Å². The molecular weight excluding hydrogens is 334 g/mol. The van der Waals surface area contributed by atoms with Crippen molar-refractivity contribution in [1.82, 2.24) is 14.9 Å². The molecule has 0 amide bonds. The Morgan fingerprint density at radius 3 is 2.62 bits per heavy atom. The molecule has 0 aliphatic carbocycles. The zero-order chi connectivity index (χ0) is 17.6. The highest BCUT2D eigenvalue weighted by molar-refractivity contribution is 7.89. The Hall–Kier alpha value is -1.68. The van der Waals surface area contributed by atoms with Crippen LogP contribution in [0.25, 0.3) is 0 Å². The van der Waals surface area contributed by atoms with Crippen molar-refractivity contribution in [3.05, 3.63) is 23.8 Å². The topological polar surface area (TPSA) is 97.0 Å². The number of nitrogens with zero attached hydrogens (tertiary/aromatic N) is 1. The molecule has 0 spiro atoms. The number of methoxy groups -OCH3 is 2. The SMILES string of the molecule is COC(=O)c1cc(S(=O)(=O)NCCN2CCNCC2)ccc1OC. The van der Waals surface area contributed by atoms with E-state index in [-0.39, 0.29) is 16.2 Å². The Kier molecular flexibility index (Phi) is 6.55. The first-order valence-corrected chi connectivity index (χ1v) is 9.15. The van der Waals surface area contributed by atoms with Gasteiger partial charge in [-0.2, -0.15) is 0 Å². The van der Waals surface area contributed by atoms with Gasteiger partial charge in [-0.15, -0.1) is 0 Å². The van der Waals surface area contributed by atoms with E-state index >= 15 is 0 Å². The first-order valence-electron chi connectivity index (χ1n) is 7.67. The van der Waals surface area contributed by atoms with Crippen LogP contribution in [0.5, 0.6) is 5.75 Å². The highest BCUT2D eigenvalue weighted by Gasteiger charge is 2.20. The second kappa shape index (κ2) is 8.43. The van der Waals surface area contributed by atoms with Crippen LogP contribution >= 0.6 is 0 Å². The molecule has 0 aromatic heterocycles. The second-order valence-corrected chi connectivity index (χ2v) is 7.11. The third kappa shape index (κ3) is 4.67. The number of hydrogen-bond donors (Lipinski definition) is 2. The van der Waals surface area contributed by atoms with E-state index < -0.39 is 16.0 Å². The van der Waals surface area contributed by atoms with Gasteiger partial charge in [0.05, 0.1) is 19.1 Å². The quantitative estimate of drug-likeness (QED) is 0.645. The Bertz CT molecular complexity index is 672. The van der Waals surface area contributed by atoms with E-state index in [2.05, 4.69) is 19.7 Å². The maximum absolute atomic E-state index is 12.4. The number of hydrogen-bond acceptors (Lipinski definition) is 7. The molecular formula is C15H23N3O5S. The van der Waals surface area contributed by atoms with Crippen molar-refractivity contribution in [2.45, 2.75) is 4.90 Å². The first-order chi connectivity index (χ1) is 11.5. The van der Waals surface area contributed by atoms with Crippen molar-refractivity contribution in [3.63, 3.8) is 0 Å². The molecule has 8 nitrogen and oxygen atoms in total. The number of rotatable bonds is 7. The van der Waals surface area contributed by atoms with Gasteiger partial charge in [-0.1, -0.05) is 0 Å². The molecule has 2 rings (SSSR count). The molecule has 1 aromatic carbocycles. The molecule has 1 fully saturated rings. The number of sulfonamides is 1. The van der Waals surface area contributed by atoms with Gasteiger partial charge in [0.2, 0.25) is 10.0 Å². The highest BCUT2D eigenvalue weighted by atomic mass is 32.2. The third-order valence-electron chi connectivity index (χ3n) is 3.82. The lowest BCUT2D eigenvalue weighted by Crippen LogP contribution is -2.46. The summed E-state index contributed by atoms with van der Waals surface area (Å²) in [5, 5.41) is 3.24. The predicted molar refractivity (Wildman–Crippen MR) is 88.8 cm³/mol. The van der Waals surface area contributed by atoms with Crippen LogP contribution in [-0.2, 0) is 14.8 Å². The zero-order valence-electron chi connectivity index (χ0n) is 13.9. The van der Waals surface area contributed by atoms with Crippen molar-refractivity contribution >= 4 is 16.0 Å². The minimum atomic E-state index is -3.71. The van der Waals surface area contributed by atoms with Crippen LogP contribution < -0.4 is 14.8 Å². The summed E-state index contributed by atoms with van der Waals surface area (Å²) in [6.45, 7) is 4.57. The normalized spacial score (nSPS) is 15.9. The average Bonchev–Trinajstić information content (AvgIpc) is 2.61. The number of esters is 1. The zero-order valence-corrected chi connectivity index (χ0v) is 14.7. The van der Waals surface area contributed by atoms with Crippen molar-refractivity contribution < 1.29 is 22.7 Å². The standard InChI is InChI=1S/C15H23N3O5S/c1-22-14-4-3-12(11-13(14)15(19)23-2)24(20,21)17-7-10-18-8-5-16-6-9-18/h3-4,11,16-17H,5-10H2,1-2H3. The van der Waals surface area contributed by atoms with Gasteiger partial charge in [-0.05, 0) is 18.2 Å². The van der Waals surface area contributed by atoms with Crippen molar-refractivity contribution in [2.75, 3.05) is 53.5 Å². The number of ether oxygens (including phenoxy) is 2. The van der Waals surface area contributed by atoms with Gasteiger partial charge in [-0.25, -0.2) is 17.9 Å². The molecule has 1 aliphatic heterocycles. The molecule has 1 aliphatic rings. The van der Waals surface area contributed by atoms with Gasteiger partial charge in [0.25, 0.3) is 0 Å². The molecule has 1 aromatic rings. The lowest BCUT2D eigenvalue weighted by atomic mass is 10.2. The number of benzene rings is 1.